The molecule has 8 bridgehead atoms. The SMILES string of the molecule is CCCC1=Cc2nc1c(OC(C)=O)c(OC(C)=O)c1[nH]c(cc1CCC)c1nc(c(OC(C)=O)c(OC(C)=O)c3[nH]c2cc3CCC)C(CCC)=C1. The third-order valence-corrected chi connectivity index (χ3v) is 8.40. The lowest BCUT2D eigenvalue weighted by molar-refractivity contribution is -0.134. The van der Waals surface area contributed by atoms with E-state index in [0.29, 0.717) is 70.5 Å². The number of fused-ring (bicyclic) bond motifs is 10. The first-order valence-corrected chi connectivity index (χ1v) is 17.9. The van der Waals surface area contributed by atoms with E-state index < -0.39 is 23.9 Å². The van der Waals surface area contributed by atoms with Crippen LogP contribution in [-0.4, -0.2) is 43.8 Å². The third-order valence-electron chi connectivity index (χ3n) is 8.40. The highest BCUT2D eigenvalue weighted by Crippen LogP contribution is 2.45. The number of nitrogens with zero attached hydrogens (tertiary/aromatic N) is 2. The molecule has 0 aromatic carbocycles. The average Bonchev–Trinajstić information content (AvgIpc) is 3.86. The minimum atomic E-state index is -0.613. The fourth-order valence-corrected chi connectivity index (χ4v) is 6.52. The van der Waals surface area contributed by atoms with Crippen molar-refractivity contribution < 1.29 is 38.1 Å². The van der Waals surface area contributed by atoms with Crippen molar-refractivity contribution >= 4 is 69.2 Å². The van der Waals surface area contributed by atoms with Crippen LogP contribution in [0.4, 0.5) is 0 Å². The zero-order chi connectivity index (χ0) is 37.7. The van der Waals surface area contributed by atoms with Gasteiger partial charge in [0.2, 0.25) is 11.5 Å². The van der Waals surface area contributed by atoms with Crippen molar-refractivity contribution in [2.75, 3.05) is 0 Å². The second-order valence-electron chi connectivity index (χ2n) is 12.9. The number of hydrogen-bond donors (Lipinski definition) is 2. The van der Waals surface area contributed by atoms with E-state index in [2.05, 4.69) is 9.97 Å². The van der Waals surface area contributed by atoms with Gasteiger partial charge in [-0.2, -0.15) is 0 Å². The van der Waals surface area contributed by atoms with Crippen LogP contribution in [0.1, 0.15) is 128 Å². The molecular weight excluding hydrogens is 664 g/mol. The molecule has 12 nitrogen and oxygen atoms in total. The number of ether oxygens (including phenoxy) is 4. The highest BCUT2D eigenvalue weighted by Gasteiger charge is 2.28. The van der Waals surface area contributed by atoms with Crippen molar-refractivity contribution in [3.05, 3.63) is 46.0 Å². The van der Waals surface area contributed by atoms with Crippen LogP contribution >= 0.6 is 0 Å². The summed E-state index contributed by atoms with van der Waals surface area (Å²) >= 11 is 0. The van der Waals surface area contributed by atoms with Gasteiger partial charge in [0.25, 0.3) is 0 Å². The van der Waals surface area contributed by atoms with Crippen LogP contribution in [0.5, 0.6) is 23.0 Å². The molecule has 274 valence electrons. The third kappa shape index (κ3) is 8.01. The van der Waals surface area contributed by atoms with Crippen molar-refractivity contribution in [2.45, 2.75) is 107 Å². The zero-order valence-electron chi connectivity index (χ0n) is 31.1. The summed E-state index contributed by atoms with van der Waals surface area (Å²) in [4.78, 5) is 67.9. The molecule has 12 heteroatoms. The fraction of sp³-hybridized carbons (Fsp3) is 0.400. The van der Waals surface area contributed by atoms with Crippen molar-refractivity contribution in [3.63, 3.8) is 0 Å². The number of rotatable bonds is 12. The monoisotopic (exact) mass is 710 g/mol. The molecule has 2 aliphatic rings. The van der Waals surface area contributed by atoms with Gasteiger partial charge in [-0.25, -0.2) is 9.97 Å². The maximum absolute atomic E-state index is 12.8. The van der Waals surface area contributed by atoms with Gasteiger partial charge >= 0.3 is 23.9 Å². The lowest BCUT2D eigenvalue weighted by Crippen LogP contribution is -2.09. The van der Waals surface area contributed by atoms with E-state index in [1.165, 1.54) is 27.7 Å². The van der Waals surface area contributed by atoms with Crippen LogP contribution in [0, 0.1) is 0 Å². The van der Waals surface area contributed by atoms with E-state index >= 15 is 0 Å². The van der Waals surface area contributed by atoms with Crippen LogP contribution in [0.2, 0.25) is 0 Å². The standard InChI is InChI=1S/C40H46N4O8/c1-9-13-25-17-29-30-18-26(14-10-2)35(42-30)39(51-23(7)47)40(52-24(8)48)36-28(16-12-4)20-32(44-36)31-19-27(15-11-3)34(43-31)38(50-22(6)46)37(33(25)41-29)49-21(5)45/h17-20,41,44H,9-16H2,1-8H3. The summed E-state index contributed by atoms with van der Waals surface area (Å²) < 4.78 is 23.7. The molecule has 0 saturated carbocycles. The first-order chi connectivity index (χ1) is 24.9. The molecule has 0 radical (unpaired) electrons. The molecule has 2 aliphatic heterocycles. The number of carbonyl (C=O) groups excluding carboxylic acids is 4. The lowest BCUT2D eigenvalue weighted by Gasteiger charge is -2.12. The molecule has 5 heterocycles. The Balaban J connectivity index is 2.16. The molecule has 2 N–H and O–H groups in total. The number of nitrogens with one attached hydrogen (secondary N) is 2. The number of allylic oxidation sites excluding steroid dienone is 2. The first-order valence-electron chi connectivity index (χ1n) is 17.9. The highest BCUT2D eigenvalue weighted by atomic mass is 16.6. The predicted molar refractivity (Wildman–Crippen MR) is 200 cm³/mol. The van der Waals surface area contributed by atoms with Crippen LogP contribution in [0.3, 0.4) is 0 Å². The number of aromatic amines is 2. The van der Waals surface area contributed by atoms with Crippen LogP contribution in [0.15, 0.2) is 12.1 Å². The Morgan fingerprint density at radius 3 is 1.15 bits per heavy atom. The number of aromatic nitrogens is 4. The number of esters is 4. The molecule has 5 rings (SSSR count). The molecule has 0 unspecified atom stereocenters. The normalized spacial score (nSPS) is 12.2. The van der Waals surface area contributed by atoms with E-state index in [9.17, 15) is 19.2 Å². The molecule has 0 fully saturated rings. The summed E-state index contributed by atoms with van der Waals surface area (Å²) in [6.45, 7) is 13.3. The van der Waals surface area contributed by atoms with Gasteiger partial charge in [0.15, 0.2) is 11.5 Å². The summed E-state index contributed by atoms with van der Waals surface area (Å²) in [6, 6.07) is 3.84. The quantitative estimate of drug-likeness (QED) is 0.174. The molecular formula is C40H46N4O8. The van der Waals surface area contributed by atoms with Gasteiger partial charge < -0.3 is 28.9 Å². The summed E-state index contributed by atoms with van der Waals surface area (Å²) in [5.74, 6) is -2.36. The van der Waals surface area contributed by atoms with Gasteiger partial charge in [-0.3, -0.25) is 19.2 Å². The highest BCUT2D eigenvalue weighted by molar-refractivity contribution is 5.97. The number of carbonyl (C=O) groups is 4. The molecule has 52 heavy (non-hydrogen) atoms. The molecule has 0 amide bonds. The van der Waals surface area contributed by atoms with Crippen LogP contribution in [-0.2, 0) is 32.0 Å². The fourth-order valence-electron chi connectivity index (χ4n) is 6.52. The van der Waals surface area contributed by atoms with Gasteiger partial charge in [0.1, 0.15) is 11.4 Å². The van der Waals surface area contributed by atoms with E-state index in [0.717, 1.165) is 48.0 Å². The van der Waals surface area contributed by atoms with E-state index in [-0.39, 0.29) is 23.0 Å². The number of aryl methyl sites for hydroxylation is 2. The topological polar surface area (TPSA) is 163 Å². The number of hydrogen-bond acceptors (Lipinski definition) is 10. The second kappa shape index (κ2) is 16.2. The van der Waals surface area contributed by atoms with Crippen molar-refractivity contribution in [3.8, 4) is 23.0 Å². The Kier molecular flexibility index (Phi) is 11.8. The first kappa shape index (κ1) is 37.7. The van der Waals surface area contributed by atoms with Crippen LogP contribution in [0.25, 0.3) is 45.4 Å². The maximum atomic E-state index is 12.8. The molecule has 0 spiro atoms. The Bertz CT molecular complexity index is 2020. The van der Waals surface area contributed by atoms with Crippen molar-refractivity contribution in [1.82, 2.24) is 19.9 Å². The molecule has 3 aromatic heterocycles. The Morgan fingerprint density at radius 1 is 0.519 bits per heavy atom. The molecule has 3 aromatic rings. The van der Waals surface area contributed by atoms with Gasteiger partial charge in [-0.1, -0.05) is 53.4 Å². The van der Waals surface area contributed by atoms with E-state index in [4.69, 9.17) is 28.9 Å². The van der Waals surface area contributed by atoms with Gasteiger partial charge in [0, 0.05) is 27.7 Å². The van der Waals surface area contributed by atoms with Crippen LogP contribution < -0.4 is 18.9 Å². The van der Waals surface area contributed by atoms with Crippen molar-refractivity contribution in [1.29, 1.82) is 0 Å². The summed E-state index contributed by atoms with van der Waals surface area (Å²) in [7, 11) is 0. The van der Waals surface area contributed by atoms with Gasteiger partial charge in [0.05, 0.1) is 33.5 Å². The van der Waals surface area contributed by atoms with E-state index in [1.54, 1.807) is 0 Å². The Hall–Kier alpha value is -5.52. The van der Waals surface area contributed by atoms with Crippen molar-refractivity contribution in [2.24, 2.45) is 0 Å². The second-order valence-corrected chi connectivity index (χ2v) is 12.9. The smallest absolute Gasteiger partial charge is 0.308 e. The summed E-state index contributed by atoms with van der Waals surface area (Å²) in [5.41, 5.74) is 6.87. The summed E-state index contributed by atoms with van der Waals surface area (Å²) in [5, 5.41) is 0. The van der Waals surface area contributed by atoms with E-state index in [1.807, 2.05) is 52.0 Å². The predicted octanol–water partition coefficient (Wildman–Crippen LogP) is 8.60. The largest absolute Gasteiger partial charge is 0.420 e. The van der Waals surface area contributed by atoms with Gasteiger partial charge in [-0.15, -0.1) is 0 Å². The maximum Gasteiger partial charge on any atom is 0.308 e. The molecule has 0 atom stereocenters. The molecule has 0 aliphatic carbocycles. The van der Waals surface area contributed by atoms with Gasteiger partial charge in [-0.05, 0) is 72.2 Å². The summed E-state index contributed by atoms with van der Waals surface area (Å²) in [6.07, 6.45) is 9.11. The minimum Gasteiger partial charge on any atom is -0.420 e. The molecule has 0 saturated heterocycles. The minimum absolute atomic E-state index is 0.0104. The zero-order valence-corrected chi connectivity index (χ0v) is 31.1. The number of H-pyrrole nitrogens is 2. The lowest BCUT2D eigenvalue weighted by atomic mass is 10.1. The Labute approximate surface area is 302 Å². The average molecular weight is 711 g/mol. The Morgan fingerprint density at radius 2 is 0.846 bits per heavy atom.